The van der Waals surface area contributed by atoms with Crippen LogP contribution in [0.25, 0.3) is 5.69 Å². The van der Waals surface area contributed by atoms with Crippen LogP contribution in [-0.2, 0) is 15.6 Å². The van der Waals surface area contributed by atoms with Gasteiger partial charge in [0.15, 0.2) is 15.7 Å². The molecule has 2 heterocycles. The van der Waals surface area contributed by atoms with Crippen molar-refractivity contribution in [2.45, 2.75) is 30.8 Å². The van der Waals surface area contributed by atoms with Crippen LogP contribution in [0.3, 0.4) is 0 Å². The van der Waals surface area contributed by atoms with E-state index in [4.69, 9.17) is 0 Å². The molecule has 30 heavy (non-hydrogen) atoms. The van der Waals surface area contributed by atoms with Crippen LogP contribution in [-0.4, -0.2) is 52.5 Å². The molecule has 0 radical (unpaired) electrons. The number of likely N-dealkylation sites (tertiary alicyclic amines) is 1. The Labute approximate surface area is 175 Å². The van der Waals surface area contributed by atoms with Crippen LogP contribution < -0.4 is 0 Å². The molecule has 0 bridgehead atoms. The van der Waals surface area contributed by atoms with Gasteiger partial charge in [0.05, 0.1) is 11.4 Å². The van der Waals surface area contributed by atoms with E-state index in [-0.39, 0.29) is 17.5 Å². The molecule has 1 amide bonds. The van der Waals surface area contributed by atoms with Gasteiger partial charge < -0.3 is 4.90 Å². The zero-order valence-electron chi connectivity index (χ0n) is 16.7. The molecule has 2 aromatic carbocycles. The lowest BCUT2D eigenvalue weighted by atomic mass is 10.1. The standard InChI is InChI=1S/C21H23N5O3S/c1-16(20-22-23-24-26(20)19-7-3-2-4-8-19)30(28,29)15-17-9-11-18(12-10-17)21(27)25-13-5-6-14-25/h2-4,7-12,16H,5-6,13-15H2,1H3/t16-/m0/s1. The normalized spacial score (nSPS) is 15.3. The Bertz CT molecular complexity index is 1120. The Morgan fingerprint density at radius 1 is 1.03 bits per heavy atom. The van der Waals surface area contributed by atoms with Gasteiger partial charge in [0, 0.05) is 18.7 Å². The first kappa shape index (κ1) is 20.2. The highest BCUT2D eigenvalue weighted by molar-refractivity contribution is 7.90. The summed E-state index contributed by atoms with van der Waals surface area (Å²) in [4.78, 5) is 14.3. The molecule has 1 fully saturated rings. The lowest BCUT2D eigenvalue weighted by Gasteiger charge is -2.16. The average molecular weight is 426 g/mol. The largest absolute Gasteiger partial charge is 0.339 e. The molecule has 3 aromatic rings. The van der Waals surface area contributed by atoms with Crippen LogP contribution in [0.4, 0.5) is 0 Å². The fourth-order valence-electron chi connectivity index (χ4n) is 3.56. The predicted octanol–water partition coefficient (Wildman–Crippen LogP) is 2.57. The summed E-state index contributed by atoms with van der Waals surface area (Å²) in [5, 5.41) is 10.7. The molecule has 1 saturated heterocycles. The third-order valence-electron chi connectivity index (χ3n) is 5.36. The van der Waals surface area contributed by atoms with Crippen molar-refractivity contribution >= 4 is 15.7 Å². The minimum Gasteiger partial charge on any atom is -0.339 e. The molecule has 156 valence electrons. The fraction of sp³-hybridized carbons (Fsp3) is 0.333. The zero-order valence-corrected chi connectivity index (χ0v) is 17.5. The molecular weight excluding hydrogens is 402 g/mol. The number of hydrogen-bond acceptors (Lipinski definition) is 6. The number of nitrogens with zero attached hydrogens (tertiary/aromatic N) is 5. The summed E-state index contributed by atoms with van der Waals surface area (Å²) in [5.41, 5.74) is 1.90. The van der Waals surface area contributed by atoms with Gasteiger partial charge in [0.2, 0.25) is 0 Å². The molecule has 1 aromatic heterocycles. The highest BCUT2D eigenvalue weighted by Crippen LogP contribution is 2.25. The quantitative estimate of drug-likeness (QED) is 0.602. The van der Waals surface area contributed by atoms with E-state index in [1.807, 2.05) is 35.2 Å². The number of para-hydroxylation sites is 1. The van der Waals surface area contributed by atoms with E-state index >= 15 is 0 Å². The topological polar surface area (TPSA) is 98.0 Å². The summed E-state index contributed by atoms with van der Waals surface area (Å²) in [5.74, 6) is 0.105. The molecule has 0 aliphatic carbocycles. The monoisotopic (exact) mass is 425 g/mol. The number of sulfone groups is 1. The lowest BCUT2D eigenvalue weighted by Crippen LogP contribution is -2.27. The summed E-state index contributed by atoms with van der Waals surface area (Å²) >= 11 is 0. The van der Waals surface area contributed by atoms with Crippen LogP contribution in [0.5, 0.6) is 0 Å². The third kappa shape index (κ3) is 4.11. The minimum atomic E-state index is -3.57. The second-order valence-electron chi connectivity index (χ2n) is 7.43. The van der Waals surface area contributed by atoms with E-state index in [0.717, 1.165) is 25.9 Å². The number of hydrogen-bond donors (Lipinski definition) is 0. The van der Waals surface area contributed by atoms with Crippen molar-refractivity contribution in [2.24, 2.45) is 0 Å². The van der Waals surface area contributed by atoms with Crippen LogP contribution >= 0.6 is 0 Å². The van der Waals surface area contributed by atoms with Crippen molar-refractivity contribution in [3.63, 3.8) is 0 Å². The summed E-state index contributed by atoms with van der Waals surface area (Å²) in [6.07, 6.45) is 2.06. The van der Waals surface area contributed by atoms with Gasteiger partial charge >= 0.3 is 0 Å². The van der Waals surface area contributed by atoms with Crippen molar-refractivity contribution in [1.29, 1.82) is 0 Å². The van der Waals surface area contributed by atoms with E-state index in [1.165, 1.54) is 4.68 Å². The smallest absolute Gasteiger partial charge is 0.253 e. The summed E-state index contributed by atoms with van der Waals surface area (Å²) < 4.78 is 27.5. The van der Waals surface area contributed by atoms with E-state index in [1.54, 1.807) is 31.2 Å². The Balaban J connectivity index is 1.51. The first-order valence-corrected chi connectivity index (χ1v) is 11.6. The molecule has 0 unspecified atom stereocenters. The molecule has 0 spiro atoms. The maximum atomic E-state index is 13.0. The van der Waals surface area contributed by atoms with E-state index in [9.17, 15) is 13.2 Å². The highest BCUT2D eigenvalue weighted by atomic mass is 32.2. The number of carbonyl (C=O) groups excluding carboxylic acids is 1. The van der Waals surface area contributed by atoms with Gasteiger partial charge in [-0.25, -0.2) is 8.42 Å². The molecule has 1 aliphatic heterocycles. The Kier molecular flexibility index (Phi) is 5.63. The summed E-state index contributed by atoms with van der Waals surface area (Å²) in [6, 6.07) is 16.0. The number of carbonyl (C=O) groups is 1. The second kappa shape index (κ2) is 8.35. The first-order valence-electron chi connectivity index (χ1n) is 9.89. The highest BCUT2D eigenvalue weighted by Gasteiger charge is 2.29. The van der Waals surface area contributed by atoms with Crippen LogP contribution in [0.15, 0.2) is 54.6 Å². The molecule has 8 nitrogen and oxygen atoms in total. The molecular formula is C21H23N5O3S. The van der Waals surface area contributed by atoms with Gasteiger partial charge in [0.1, 0.15) is 5.25 Å². The Morgan fingerprint density at radius 2 is 1.70 bits per heavy atom. The van der Waals surface area contributed by atoms with Gasteiger partial charge in [-0.1, -0.05) is 30.3 Å². The van der Waals surface area contributed by atoms with Gasteiger partial charge in [0.25, 0.3) is 5.91 Å². The number of benzene rings is 2. The molecule has 1 atom stereocenters. The van der Waals surface area contributed by atoms with Crippen molar-refractivity contribution in [3.8, 4) is 5.69 Å². The molecule has 9 heteroatoms. The minimum absolute atomic E-state index is 0.00249. The van der Waals surface area contributed by atoms with Crippen LogP contribution in [0, 0.1) is 0 Å². The predicted molar refractivity (Wildman–Crippen MR) is 112 cm³/mol. The van der Waals surface area contributed by atoms with Crippen molar-refractivity contribution in [1.82, 2.24) is 25.1 Å². The fourth-order valence-corrected chi connectivity index (χ4v) is 4.94. The summed E-state index contributed by atoms with van der Waals surface area (Å²) in [6.45, 7) is 3.15. The SMILES string of the molecule is C[C@@H](c1nnnn1-c1ccccc1)S(=O)(=O)Cc1ccc(C(=O)N2CCCC2)cc1. The average Bonchev–Trinajstić information content (AvgIpc) is 3.46. The van der Waals surface area contributed by atoms with Crippen LogP contribution in [0.1, 0.15) is 46.8 Å². The molecule has 0 N–H and O–H groups in total. The van der Waals surface area contributed by atoms with E-state index in [2.05, 4.69) is 15.5 Å². The number of tetrazole rings is 1. The lowest BCUT2D eigenvalue weighted by molar-refractivity contribution is 0.0793. The zero-order chi connectivity index (χ0) is 21.1. The molecule has 4 rings (SSSR count). The number of aromatic nitrogens is 4. The Hall–Kier alpha value is -3.07. The van der Waals surface area contributed by atoms with E-state index < -0.39 is 15.1 Å². The van der Waals surface area contributed by atoms with Crippen molar-refractivity contribution in [2.75, 3.05) is 13.1 Å². The van der Waals surface area contributed by atoms with Gasteiger partial charge in [-0.05, 0) is 60.0 Å². The van der Waals surface area contributed by atoms with Crippen molar-refractivity contribution in [3.05, 3.63) is 71.5 Å². The number of amides is 1. The second-order valence-corrected chi connectivity index (χ2v) is 9.75. The summed E-state index contributed by atoms with van der Waals surface area (Å²) in [7, 11) is -3.57. The number of rotatable bonds is 6. The van der Waals surface area contributed by atoms with Crippen LogP contribution in [0.2, 0.25) is 0 Å². The van der Waals surface area contributed by atoms with Gasteiger partial charge in [-0.2, -0.15) is 4.68 Å². The van der Waals surface area contributed by atoms with Gasteiger partial charge in [-0.3, -0.25) is 4.79 Å². The van der Waals surface area contributed by atoms with Gasteiger partial charge in [-0.15, -0.1) is 5.10 Å². The molecule has 0 saturated carbocycles. The maximum Gasteiger partial charge on any atom is 0.253 e. The third-order valence-corrected chi connectivity index (χ3v) is 7.38. The maximum absolute atomic E-state index is 13.0. The first-order chi connectivity index (χ1) is 14.5. The van der Waals surface area contributed by atoms with Crippen molar-refractivity contribution < 1.29 is 13.2 Å². The molecule has 1 aliphatic rings. The van der Waals surface area contributed by atoms with E-state index in [0.29, 0.717) is 16.8 Å². The Morgan fingerprint density at radius 3 is 2.37 bits per heavy atom.